The van der Waals surface area contributed by atoms with Crippen LogP contribution in [0.5, 0.6) is 0 Å². The van der Waals surface area contributed by atoms with Crippen molar-refractivity contribution in [3.05, 3.63) is 188 Å². The van der Waals surface area contributed by atoms with Crippen LogP contribution in [0.3, 0.4) is 0 Å². The molecule has 0 unspecified atom stereocenters. The van der Waals surface area contributed by atoms with Crippen LogP contribution in [0.4, 0.5) is 0 Å². The molecule has 0 N–H and O–H groups in total. The molecular formula is C49H31N3O. The maximum absolute atomic E-state index is 6.63. The van der Waals surface area contributed by atoms with Gasteiger partial charge in [-0.25, -0.2) is 15.0 Å². The molecule has 0 bridgehead atoms. The van der Waals surface area contributed by atoms with Crippen LogP contribution in [0.1, 0.15) is 0 Å². The minimum atomic E-state index is 0.587. The third-order valence-corrected chi connectivity index (χ3v) is 9.95. The van der Waals surface area contributed by atoms with E-state index in [0.717, 1.165) is 71.7 Å². The lowest BCUT2D eigenvalue weighted by atomic mass is 9.97. The predicted molar refractivity (Wildman–Crippen MR) is 217 cm³/mol. The lowest BCUT2D eigenvalue weighted by Crippen LogP contribution is -2.01. The largest absolute Gasteiger partial charge is 0.455 e. The first kappa shape index (κ1) is 30.6. The van der Waals surface area contributed by atoms with Gasteiger partial charge in [0, 0.05) is 33.0 Å². The smallest absolute Gasteiger partial charge is 0.164 e. The van der Waals surface area contributed by atoms with Crippen molar-refractivity contribution in [2.45, 2.75) is 0 Å². The summed E-state index contributed by atoms with van der Waals surface area (Å²) in [5, 5.41) is 4.27. The maximum atomic E-state index is 6.63. The molecular weight excluding hydrogens is 647 g/mol. The third-order valence-electron chi connectivity index (χ3n) is 9.95. The molecule has 0 aliphatic rings. The van der Waals surface area contributed by atoms with Crippen molar-refractivity contribution in [1.82, 2.24) is 15.0 Å². The van der Waals surface area contributed by atoms with Gasteiger partial charge in [-0.2, -0.15) is 0 Å². The number of rotatable bonds is 6. The van der Waals surface area contributed by atoms with E-state index in [2.05, 4.69) is 152 Å². The average molecular weight is 678 g/mol. The molecule has 2 heterocycles. The summed E-state index contributed by atoms with van der Waals surface area (Å²) in [6.45, 7) is 0. The summed E-state index contributed by atoms with van der Waals surface area (Å²) >= 11 is 0. The summed E-state index contributed by atoms with van der Waals surface area (Å²) in [4.78, 5) is 15.7. The van der Waals surface area contributed by atoms with E-state index in [-0.39, 0.29) is 0 Å². The van der Waals surface area contributed by atoms with Crippen molar-refractivity contribution in [2.24, 2.45) is 0 Å². The highest BCUT2D eigenvalue weighted by Crippen LogP contribution is 2.42. The highest BCUT2D eigenvalue weighted by Gasteiger charge is 2.21. The van der Waals surface area contributed by atoms with Crippen LogP contribution in [0.15, 0.2) is 192 Å². The zero-order chi connectivity index (χ0) is 35.1. The fourth-order valence-corrected chi connectivity index (χ4v) is 7.35. The number of furan rings is 1. The van der Waals surface area contributed by atoms with E-state index < -0.39 is 0 Å². The maximum Gasteiger partial charge on any atom is 0.164 e. The van der Waals surface area contributed by atoms with Crippen molar-refractivity contribution < 1.29 is 4.42 Å². The predicted octanol–water partition coefficient (Wildman–Crippen LogP) is 12.9. The number of hydrogen-bond acceptors (Lipinski definition) is 4. The van der Waals surface area contributed by atoms with Gasteiger partial charge in [-0.15, -0.1) is 0 Å². The first-order chi connectivity index (χ1) is 26.3. The van der Waals surface area contributed by atoms with Crippen molar-refractivity contribution >= 4 is 32.7 Å². The Morgan fingerprint density at radius 1 is 0.321 bits per heavy atom. The number of hydrogen-bond donors (Lipinski definition) is 0. The van der Waals surface area contributed by atoms with Crippen molar-refractivity contribution in [3.8, 4) is 67.5 Å². The van der Waals surface area contributed by atoms with Crippen LogP contribution in [0.25, 0.3) is 100 Å². The molecule has 0 spiro atoms. The van der Waals surface area contributed by atoms with Crippen molar-refractivity contribution in [1.29, 1.82) is 0 Å². The molecule has 10 aromatic rings. The van der Waals surface area contributed by atoms with Gasteiger partial charge in [0.1, 0.15) is 11.2 Å². The lowest BCUT2D eigenvalue weighted by molar-refractivity contribution is 0.670. The van der Waals surface area contributed by atoms with Gasteiger partial charge in [0.15, 0.2) is 17.5 Å². The molecule has 53 heavy (non-hydrogen) atoms. The van der Waals surface area contributed by atoms with Gasteiger partial charge in [-0.05, 0) is 68.9 Å². The summed E-state index contributed by atoms with van der Waals surface area (Å²) < 4.78 is 6.63. The highest BCUT2D eigenvalue weighted by molar-refractivity contribution is 6.15. The Labute approximate surface area is 306 Å². The minimum absolute atomic E-state index is 0.587. The number of aromatic nitrogens is 3. The van der Waals surface area contributed by atoms with E-state index in [1.54, 1.807) is 0 Å². The second-order valence-corrected chi connectivity index (χ2v) is 13.2. The Kier molecular flexibility index (Phi) is 7.43. The SMILES string of the molecule is c1ccc(-c2ccc3cc(-c4nc(-c5ccccc5-c5ccccc5)nc(-c5ccc(-c6ccccc6)c6oc7ccccc7c56)n4)ccc3c2)cc1. The average Bonchev–Trinajstić information content (AvgIpc) is 3.64. The van der Waals surface area contributed by atoms with Crippen LogP contribution < -0.4 is 0 Å². The van der Waals surface area contributed by atoms with Crippen molar-refractivity contribution in [2.75, 3.05) is 0 Å². The van der Waals surface area contributed by atoms with E-state index in [1.165, 1.54) is 11.1 Å². The molecule has 10 rings (SSSR count). The second-order valence-electron chi connectivity index (χ2n) is 13.2. The van der Waals surface area contributed by atoms with E-state index in [0.29, 0.717) is 17.5 Å². The molecule has 0 aliphatic carbocycles. The Morgan fingerprint density at radius 3 is 1.55 bits per heavy atom. The molecule has 0 aliphatic heterocycles. The Balaban J connectivity index is 1.21. The monoisotopic (exact) mass is 677 g/mol. The van der Waals surface area contributed by atoms with Crippen LogP contribution in [-0.4, -0.2) is 15.0 Å². The first-order valence-corrected chi connectivity index (χ1v) is 17.8. The van der Waals surface area contributed by atoms with Crippen LogP contribution in [0, 0.1) is 0 Å². The topological polar surface area (TPSA) is 51.8 Å². The fourth-order valence-electron chi connectivity index (χ4n) is 7.35. The molecule has 4 nitrogen and oxygen atoms in total. The van der Waals surface area contributed by atoms with Gasteiger partial charge in [0.05, 0.1) is 0 Å². The van der Waals surface area contributed by atoms with E-state index in [4.69, 9.17) is 19.4 Å². The zero-order valence-corrected chi connectivity index (χ0v) is 28.6. The van der Waals surface area contributed by atoms with Gasteiger partial charge in [0.2, 0.25) is 0 Å². The molecule has 8 aromatic carbocycles. The molecule has 0 amide bonds. The number of benzene rings is 8. The Bertz CT molecular complexity index is 2940. The molecule has 248 valence electrons. The van der Waals surface area contributed by atoms with Gasteiger partial charge in [-0.3, -0.25) is 0 Å². The molecule has 4 heteroatoms. The molecule has 0 fully saturated rings. The molecule has 0 saturated carbocycles. The van der Waals surface area contributed by atoms with E-state index in [9.17, 15) is 0 Å². The summed E-state index contributed by atoms with van der Waals surface area (Å²) in [5.41, 5.74) is 11.0. The summed E-state index contributed by atoms with van der Waals surface area (Å²) in [6, 6.07) is 65.1. The van der Waals surface area contributed by atoms with Crippen LogP contribution >= 0.6 is 0 Å². The van der Waals surface area contributed by atoms with Gasteiger partial charge in [0.25, 0.3) is 0 Å². The van der Waals surface area contributed by atoms with E-state index >= 15 is 0 Å². The second kappa shape index (κ2) is 12.9. The summed E-state index contributed by atoms with van der Waals surface area (Å²) in [6.07, 6.45) is 0. The van der Waals surface area contributed by atoms with E-state index in [1.807, 2.05) is 36.4 Å². The number of nitrogens with zero attached hydrogens (tertiary/aromatic N) is 3. The number of fused-ring (bicyclic) bond motifs is 4. The van der Waals surface area contributed by atoms with Gasteiger partial charge in [-0.1, -0.05) is 158 Å². The fraction of sp³-hybridized carbons (Fsp3) is 0. The van der Waals surface area contributed by atoms with Gasteiger partial charge < -0.3 is 4.42 Å². The zero-order valence-electron chi connectivity index (χ0n) is 28.6. The molecule has 0 saturated heterocycles. The highest BCUT2D eigenvalue weighted by atomic mass is 16.3. The first-order valence-electron chi connectivity index (χ1n) is 17.8. The summed E-state index contributed by atoms with van der Waals surface area (Å²) in [5.74, 6) is 1.80. The quantitative estimate of drug-likeness (QED) is 0.176. The molecule has 0 radical (unpaired) electrons. The van der Waals surface area contributed by atoms with Gasteiger partial charge >= 0.3 is 0 Å². The minimum Gasteiger partial charge on any atom is -0.455 e. The van der Waals surface area contributed by atoms with Crippen LogP contribution in [-0.2, 0) is 0 Å². The molecule has 2 aromatic heterocycles. The lowest BCUT2D eigenvalue weighted by Gasteiger charge is -2.13. The normalized spacial score (nSPS) is 11.4. The standard InChI is InChI=1S/C49H31N3O/c1-4-14-32(15-5-1)35-24-25-37-31-38(27-26-36(37)30-35)47-50-48(41-21-11-10-20-39(41)33-16-6-2-7-17-33)52-49(51-47)43-29-28-40(34-18-8-3-9-19-34)46-45(43)42-22-12-13-23-44(42)53-46/h1-31H. The molecule has 0 atom stereocenters. The summed E-state index contributed by atoms with van der Waals surface area (Å²) in [7, 11) is 0. The van der Waals surface area contributed by atoms with Crippen LogP contribution in [0.2, 0.25) is 0 Å². The Hall–Kier alpha value is -7.17. The number of para-hydroxylation sites is 1. The third kappa shape index (κ3) is 5.54. The Morgan fingerprint density at radius 2 is 0.830 bits per heavy atom. The van der Waals surface area contributed by atoms with Crippen molar-refractivity contribution in [3.63, 3.8) is 0 Å².